The zero-order chi connectivity index (χ0) is 14.9. The molecule has 4 heterocycles. The van der Waals surface area contributed by atoms with Gasteiger partial charge in [0.15, 0.2) is 5.65 Å². The summed E-state index contributed by atoms with van der Waals surface area (Å²) in [6.07, 6.45) is 3.87. The average molecular weight is 312 g/mol. The Hall–Kier alpha value is -2.21. The van der Waals surface area contributed by atoms with E-state index in [0.29, 0.717) is 5.92 Å². The number of carbonyl (C=O) groups excluding carboxylic acids is 1. The summed E-state index contributed by atoms with van der Waals surface area (Å²) in [5, 5.41) is 9.90. The van der Waals surface area contributed by atoms with Crippen LogP contribution in [0.5, 0.6) is 0 Å². The zero-order valence-electron chi connectivity index (χ0n) is 12.0. The van der Waals surface area contributed by atoms with E-state index in [-0.39, 0.29) is 5.91 Å². The predicted molar refractivity (Wildman–Crippen MR) is 86.1 cm³/mol. The molecule has 1 N–H and O–H groups in total. The minimum Gasteiger partial charge on any atom is -0.337 e. The predicted octanol–water partition coefficient (Wildman–Crippen LogP) is 3.04. The number of hydrogen-bond donors (Lipinski definition) is 1. The molecule has 1 amide bonds. The van der Waals surface area contributed by atoms with Crippen molar-refractivity contribution in [3.8, 4) is 0 Å². The molecule has 0 spiro atoms. The average Bonchev–Trinajstić information content (AvgIpc) is 3.25. The molecule has 0 saturated carbocycles. The molecule has 3 aromatic heterocycles. The monoisotopic (exact) mass is 312 g/mol. The number of aromatic amines is 1. The second-order valence-corrected chi connectivity index (χ2v) is 6.56. The van der Waals surface area contributed by atoms with Gasteiger partial charge in [-0.1, -0.05) is 6.07 Å². The first-order chi connectivity index (χ1) is 10.8. The molecule has 6 heteroatoms. The van der Waals surface area contributed by atoms with E-state index in [1.807, 2.05) is 28.5 Å². The summed E-state index contributed by atoms with van der Waals surface area (Å²) in [6, 6.07) is 7.92. The molecule has 0 bridgehead atoms. The lowest BCUT2D eigenvalue weighted by Crippen LogP contribution is -2.39. The summed E-state index contributed by atoms with van der Waals surface area (Å²) in [6.45, 7) is 1.57. The maximum absolute atomic E-state index is 12.5. The van der Waals surface area contributed by atoms with E-state index >= 15 is 0 Å². The van der Waals surface area contributed by atoms with Gasteiger partial charge in [0.25, 0.3) is 5.91 Å². The van der Waals surface area contributed by atoms with Crippen molar-refractivity contribution in [2.24, 2.45) is 0 Å². The van der Waals surface area contributed by atoms with E-state index < -0.39 is 0 Å². The maximum Gasteiger partial charge on any atom is 0.263 e. The molecular formula is C16H16N4OS. The molecule has 0 aromatic carbocycles. The van der Waals surface area contributed by atoms with Crippen LogP contribution in [-0.2, 0) is 0 Å². The number of rotatable bonds is 2. The number of nitrogens with one attached hydrogen (secondary N) is 1. The molecule has 1 saturated heterocycles. The number of piperidine rings is 1. The van der Waals surface area contributed by atoms with E-state index in [2.05, 4.69) is 21.2 Å². The Morgan fingerprint density at radius 1 is 1.36 bits per heavy atom. The van der Waals surface area contributed by atoms with Crippen LogP contribution >= 0.6 is 11.3 Å². The van der Waals surface area contributed by atoms with Crippen LogP contribution in [0.15, 0.2) is 35.8 Å². The number of amides is 1. The number of carbonyl (C=O) groups is 1. The summed E-state index contributed by atoms with van der Waals surface area (Å²) >= 11 is 1.50. The van der Waals surface area contributed by atoms with Crippen LogP contribution in [-0.4, -0.2) is 39.1 Å². The first-order valence-corrected chi connectivity index (χ1v) is 8.32. The van der Waals surface area contributed by atoms with Gasteiger partial charge in [0.05, 0.1) is 11.1 Å². The Balaban J connectivity index is 1.56. The quantitative estimate of drug-likeness (QED) is 0.791. The molecule has 22 heavy (non-hydrogen) atoms. The van der Waals surface area contributed by atoms with Gasteiger partial charge in [0, 0.05) is 30.1 Å². The summed E-state index contributed by atoms with van der Waals surface area (Å²) in [5.74, 6) is 0.438. The Morgan fingerprint density at radius 2 is 2.32 bits per heavy atom. The third-order valence-electron chi connectivity index (χ3n) is 4.18. The SMILES string of the molecule is O=C(c1cccs1)N1CCC[C@H](c2ccc3cn[nH]c3n2)C1. The van der Waals surface area contributed by atoms with Crippen molar-refractivity contribution in [1.82, 2.24) is 20.1 Å². The van der Waals surface area contributed by atoms with Gasteiger partial charge in [-0.25, -0.2) is 4.98 Å². The molecule has 4 rings (SSSR count). The van der Waals surface area contributed by atoms with Crippen molar-refractivity contribution in [1.29, 1.82) is 0 Å². The lowest BCUT2D eigenvalue weighted by molar-refractivity contribution is 0.0711. The molecule has 5 nitrogen and oxygen atoms in total. The van der Waals surface area contributed by atoms with E-state index in [9.17, 15) is 4.79 Å². The molecule has 0 radical (unpaired) electrons. The first kappa shape index (κ1) is 13.5. The second-order valence-electron chi connectivity index (χ2n) is 5.61. The Morgan fingerprint density at radius 3 is 3.18 bits per heavy atom. The van der Waals surface area contributed by atoms with Crippen LogP contribution in [0.4, 0.5) is 0 Å². The van der Waals surface area contributed by atoms with Gasteiger partial charge in [-0.05, 0) is 36.4 Å². The molecule has 1 fully saturated rings. The van der Waals surface area contributed by atoms with E-state index in [0.717, 1.165) is 47.5 Å². The number of hydrogen-bond acceptors (Lipinski definition) is 4. The number of fused-ring (bicyclic) bond motifs is 1. The number of aromatic nitrogens is 3. The topological polar surface area (TPSA) is 61.9 Å². The third-order valence-corrected chi connectivity index (χ3v) is 5.04. The fourth-order valence-corrected chi connectivity index (χ4v) is 3.72. The smallest absolute Gasteiger partial charge is 0.263 e. The highest BCUT2D eigenvalue weighted by atomic mass is 32.1. The van der Waals surface area contributed by atoms with Crippen LogP contribution in [0.1, 0.15) is 34.1 Å². The Bertz CT molecular complexity index is 795. The normalized spacial score (nSPS) is 18.7. The van der Waals surface area contributed by atoms with Gasteiger partial charge in [0.1, 0.15) is 0 Å². The molecule has 3 aromatic rings. The minimum atomic E-state index is 0.141. The Labute approximate surface area is 132 Å². The third kappa shape index (κ3) is 2.39. The highest BCUT2D eigenvalue weighted by molar-refractivity contribution is 7.12. The molecule has 112 valence electrons. The zero-order valence-corrected chi connectivity index (χ0v) is 12.8. The molecule has 0 aliphatic carbocycles. The molecule has 1 atom stereocenters. The summed E-state index contributed by atoms with van der Waals surface area (Å²) < 4.78 is 0. The van der Waals surface area contributed by atoms with Gasteiger partial charge >= 0.3 is 0 Å². The van der Waals surface area contributed by atoms with Crippen LogP contribution < -0.4 is 0 Å². The maximum atomic E-state index is 12.5. The van der Waals surface area contributed by atoms with Crippen molar-refractivity contribution in [3.63, 3.8) is 0 Å². The van der Waals surface area contributed by atoms with Gasteiger partial charge in [-0.3, -0.25) is 9.89 Å². The van der Waals surface area contributed by atoms with E-state index in [1.165, 1.54) is 11.3 Å². The lowest BCUT2D eigenvalue weighted by Gasteiger charge is -2.32. The fraction of sp³-hybridized carbons (Fsp3) is 0.312. The van der Waals surface area contributed by atoms with Gasteiger partial charge in [-0.2, -0.15) is 5.10 Å². The van der Waals surface area contributed by atoms with Crippen molar-refractivity contribution in [2.45, 2.75) is 18.8 Å². The van der Waals surface area contributed by atoms with Crippen LogP contribution in [0.2, 0.25) is 0 Å². The number of likely N-dealkylation sites (tertiary alicyclic amines) is 1. The van der Waals surface area contributed by atoms with Crippen molar-refractivity contribution >= 4 is 28.3 Å². The number of thiophene rings is 1. The van der Waals surface area contributed by atoms with Gasteiger partial charge < -0.3 is 4.90 Å². The molecular weight excluding hydrogens is 296 g/mol. The fourth-order valence-electron chi connectivity index (χ4n) is 3.03. The van der Waals surface area contributed by atoms with Crippen molar-refractivity contribution in [2.75, 3.05) is 13.1 Å². The standard InChI is InChI=1S/C16H16N4OS/c21-16(14-4-2-8-22-14)20-7-1-3-12(10-20)13-6-5-11-9-17-19-15(11)18-13/h2,4-6,8-9,12H,1,3,7,10H2,(H,17,18,19)/t12-/m0/s1. The number of H-pyrrole nitrogens is 1. The summed E-state index contributed by atoms with van der Waals surface area (Å²) in [7, 11) is 0. The van der Waals surface area contributed by atoms with Crippen molar-refractivity contribution in [3.05, 3.63) is 46.4 Å². The van der Waals surface area contributed by atoms with Crippen LogP contribution in [0.3, 0.4) is 0 Å². The number of nitrogens with zero attached hydrogens (tertiary/aromatic N) is 3. The summed E-state index contributed by atoms with van der Waals surface area (Å²) in [4.78, 5) is 19.9. The number of pyridine rings is 1. The first-order valence-electron chi connectivity index (χ1n) is 7.44. The van der Waals surface area contributed by atoms with Crippen LogP contribution in [0, 0.1) is 0 Å². The van der Waals surface area contributed by atoms with Crippen molar-refractivity contribution < 1.29 is 4.79 Å². The van der Waals surface area contributed by atoms with E-state index in [4.69, 9.17) is 0 Å². The van der Waals surface area contributed by atoms with Gasteiger partial charge in [-0.15, -0.1) is 11.3 Å². The highest BCUT2D eigenvalue weighted by Gasteiger charge is 2.26. The summed E-state index contributed by atoms with van der Waals surface area (Å²) in [5.41, 5.74) is 1.86. The highest BCUT2D eigenvalue weighted by Crippen LogP contribution is 2.28. The largest absolute Gasteiger partial charge is 0.337 e. The molecule has 1 aliphatic rings. The van der Waals surface area contributed by atoms with Gasteiger partial charge in [0.2, 0.25) is 0 Å². The second kappa shape index (κ2) is 5.53. The molecule has 0 unspecified atom stereocenters. The lowest BCUT2D eigenvalue weighted by atomic mass is 9.94. The Kier molecular flexibility index (Phi) is 3.38. The van der Waals surface area contributed by atoms with E-state index in [1.54, 1.807) is 6.20 Å². The van der Waals surface area contributed by atoms with Crippen LogP contribution in [0.25, 0.3) is 11.0 Å². The molecule has 1 aliphatic heterocycles. The minimum absolute atomic E-state index is 0.141.